The number of amides is 1. The van der Waals surface area contributed by atoms with Crippen molar-refractivity contribution >= 4 is 17.7 Å². The number of aliphatic hydroxyl groups excluding tert-OH is 1. The highest BCUT2D eigenvalue weighted by Gasteiger charge is 2.42. The van der Waals surface area contributed by atoms with Crippen LogP contribution < -0.4 is 21.7 Å². The van der Waals surface area contributed by atoms with Crippen LogP contribution in [-0.4, -0.2) is 53.5 Å². The van der Waals surface area contributed by atoms with E-state index in [2.05, 4.69) is 16.0 Å². The van der Waals surface area contributed by atoms with E-state index in [9.17, 15) is 9.90 Å². The summed E-state index contributed by atoms with van der Waals surface area (Å²) in [5, 5.41) is 19.2. The van der Waals surface area contributed by atoms with Gasteiger partial charge in [0.1, 0.15) is 0 Å². The molecular formula is C13H26N4O2S. The molecule has 2 saturated heterocycles. The fourth-order valence-electron chi connectivity index (χ4n) is 2.81. The number of carbonyl (C=O) groups is 1. The second-order valence-corrected chi connectivity index (χ2v) is 6.75. The molecule has 1 amide bonds. The van der Waals surface area contributed by atoms with Gasteiger partial charge in [-0.2, -0.15) is 11.8 Å². The smallest absolute Gasteiger partial charge is 0.219 e. The second-order valence-electron chi connectivity index (χ2n) is 5.48. The molecule has 2 fully saturated rings. The lowest BCUT2D eigenvalue weighted by Gasteiger charge is -2.17. The van der Waals surface area contributed by atoms with Crippen molar-refractivity contribution in [2.75, 3.05) is 18.8 Å². The van der Waals surface area contributed by atoms with Crippen molar-refractivity contribution in [3.8, 4) is 0 Å². The number of rotatable bonds is 8. The van der Waals surface area contributed by atoms with Gasteiger partial charge in [0, 0.05) is 36.1 Å². The Bertz CT molecular complexity index is 319. The van der Waals surface area contributed by atoms with Gasteiger partial charge in [0.05, 0.1) is 0 Å². The zero-order valence-electron chi connectivity index (χ0n) is 11.8. The molecule has 7 heteroatoms. The summed E-state index contributed by atoms with van der Waals surface area (Å²) in [4.78, 5) is 11.5. The minimum atomic E-state index is -0.554. The molecule has 6 N–H and O–H groups in total. The summed E-state index contributed by atoms with van der Waals surface area (Å²) in [5.74, 6) is 1.19. The van der Waals surface area contributed by atoms with Crippen LogP contribution in [-0.2, 0) is 4.79 Å². The van der Waals surface area contributed by atoms with Crippen molar-refractivity contribution < 1.29 is 9.90 Å². The van der Waals surface area contributed by atoms with Gasteiger partial charge in [0.25, 0.3) is 0 Å². The van der Waals surface area contributed by atoms with Crippen LogP contribution in [0.25, 0.3) is 0 Å². The zero-order chi connectivity index (χ0) is 14.4. The van der Waals surface area contributed by atoms with Crippen LogP contribution in [0.15, 0.2) is 0 Å². The minimum Gasteiger partial charge on any atom is -0.365 e. The summed E-state index contributed by atoms with van der Waals surface area (Å²) in [6, 6.07) is 0.757. The van der Waals surface area contributed by atoms with Gasteiger partial charge in [-0.15, -0.1) is 0 Å². The first-order valence-corrected chi connectivity index (χ1v) is 8.54. The molecule has 0 radical (unpaired) electrons. The summed E-state index contributed by atoms with van der Waals surface area (Å²) < 4.78 is 0. The highest BCUT2D eigenvalue weighted by Crippen LogP contribution is 2.33. The number of carbonyl (C=O) groups excluding carboxylic acids is 1. The number of thioether (sulfide) groups is 1. The van der Waals surface area contributed by atoms with E-state index in [0.29, 0.717) is 36.8 Å². The molecule has 0 saturated carbocycles. The third-order valence-corrected chi connectivity index (χ3v) is 5.40. The van der Waals surface area contributed by atoms with Gasteiger partial charge in [-0.05, 0) is 25.8 Å². The molecule has 2 aliphatic rings. The number of fused-ring (bicyclic) bond motifs is 1. The van der Waals surface area contributed by atoms with Gasteiger partial charge in [-0.1, -0.05) is 6.42 Å². The Balaban J connectivity index is 1.54. The number of nitrogens with two attached hydrogens (primary N) is 1. The normalized spacial score (nSPS) is 32.3. The molecule has 3 unspecified atom stereocenters. The van der Waals surface area contributed by atoms with Crippen LogP contribution >= 0.6 is 11.8 Å². The maximum atomic E-state index is 11.5. The van der Waals surface area contributed by atoms with E-state index in [1.165, 1.54) is 0 Å². The largest absolute Gasteiger partial charge is 0.365 e. The van der Waals surface area contributed by atoms with E-state index in [4.69, 9.17) is 5.73 Å². The monoisotopic (exact) mass is 302 g/mol. The van der Waals surface area contributed by atoms with E-state index in [1.54, 1.807) is 0 Å². The molecule has 0 spiro atoms. The molecule has 20 heavy (non-hydrogen) atoms. The SMILES string of the molecule is NCCCNC(=O)CCCC[C@@H]1SCC2NC(O)NC21. The van der Waals surface area contributed by atoms with Crippen molar-refractivity contribution in [1.82, 2.24) is 16.0 Å². The highest BCUT2D eigenvalue weighted by atomic mass is 32.2. The van der Waals surface area contributed by atoms with Gasteiger partial charge < -0.3 is 16.2 Å². The fourth-order valence-corrected chi connectivity index (χ4v) is 4.38. The van der Waals surface area contributed by atoms with Gasteiger partial charge in [-0.3, -0.25) is 15.4 Å². The Morgan fingerprint density at radius 1 is 1.35 bits per heavy atom. The van der Waals surface area contributed by atoms with E-state index < -0.39 is 6.35 Å². The Kier molecular flexibility index (Phi) is 6.57. The molecule has 2 heterocycles. The first-order valence-electron chi connectivity index (χ1n) is 7.49. The Morgan fingerprint density at radius 3 is 3.00 bits per heavy atom. The van der Waals surface area contributed by atoms with E-state index in [0.717, 1.165) is 31.4 Å². The summed E-state index contributed by atoms with van der Waals surface area (Å²) in [6.07, 6.45) is 3.98. The minimum absolute atomic E-state index is 0.131. The van der Waals surface area contributed by atoms with Gasteiger partial charge >= 0.3 is 0 Å². The summed E-state index contributed by atoms with van der Waals surface area (Å²) >= 11 is 1.96. The van der Waals surface area contributed by atoms with Crippen molar-refractivity contribution in [3.63, 3.8) is 0 Å². The average molecular weight is 302 g/mol. The van der Waals surface area contributed by atoms with E-state index >= 15 is 0 Å². The maximum absolute atomic E-state index is 11.5. The summed E-state index contributed by atoms with van der Waals surface area (Å²) in [5.41, 5.74) is 5.38. The van der Waals surface area contributed by atoms with E-state index in [1.807, 2.05) is 11.8 Å². The highest BCUT2D eigenvalue weighted by molar-refractivity contribution is 8.00. The number of nitrogens with one attached hydrogen (secondary N) is 3. The molecule has 2 rings (SSSR count). The van der Waals surface area contributed by atoms with Crippen molar-refractivity contribution in [1.29, 1.82) is 0 Å². The van der Waals surface area contributed by atoms with Crippen molar-refractivity contribution in [2.45, 2.75) is 55.8 Å². The van der Waals surface area contributed by atoms with E-state index in [-0.39, 0.29) is 5.91 Å². The third-order valence-electron chi connectivity index (χ3n) is 3.89. The molecular weight excluding hydrogens is 276 g/mol. The molecule has 0 aromatic carbocycles. The zero-order valence-corrected chi connectivity index (χ0v) is 12.6. The number of hydrogen-bond donors (Lipinski definition) is 5. The van der Waals surface area contributed by atoms with Gasteiger partial charge in [-0.25, -0.2) is 0 Å². The second kappa shape index (κ2) is 8.19. The standard InChI is InChI=1S/C13H26N4O2S/c14-6-3-7-15-11(18)5-2-1-4-10-12-9(8-20-10)16-13(19)17-12/h9-10,12-13,16-17,19H,1-8,14H2,(H,15,18)/t9?,10-,12?,13?/m0/s1. The Morgan fingerprint density at radius 2 is 2.20 bits per heavy atom. The van der Waals surface area contributed by atoms with Crippen molar-refractivity contribution in [3.05, 3.63) is 0 Å². The number of hydrogen-bond acceptors (Lipinski definition) is 6. The Hall–Kier alpha value is -0.340. The molecule has 2 aliphatic heterocycles. The number of aliphatic hydroxyl groups is 1. The van der Waals surface area contributed by atoms with Crippen LogP contribution in [0.4, 0.5) is 0 Å². The molecule has 6 nitrogen and oxygen atoms in total. The van der Waals surface area contributed by atoms with Crippen molar-refractivity contribution in [2.24, 2.45) is 5.73 Å². The molecule has 116 valence electrons. The molecule has 0 aromatic heterocycles. The first-order chi connectivity index (χ1) is 9.70. The third kappa shape index (κ3) is 4.60. The predicted octanol–water partition coefficient (Wildman–Crippen LogP) is -0.667. The predicted molar refractivity (Wildman–Crippen MR) is 81.2 cm³/mol. The Labute approximate surface area is 124 Å². The quantitative estimate of drug-likeness (QED) is 0.382. The lowest BCUT2D eigenvalue weighted by atomic mass is 10.0. The first kappa shape index (κ1) is 16.0. The van der Waals surface area contributed by atoms with Gasteiger partial charge in [0.2, 0.25) is 5.91 Å². The van der Waals surface area contributed by atoms with Crippen LogP contribution in [0.5, 0.6) is 0 Å². The lowest BCUT2D eigenvalue weighted by molar-refractivity contribution is -0.121. The topological polar surface area (TPSA) is 99.4 Å². The molecule has 0 aliphatic carbocycles. The number of unbranched alkanes of at least 4 members (excludes halogenated alkanes) is 1. The molecule has 0 aromatic rings. The lowest BCUT2D eigenvalue weighted by Crippen LogP contribution is -2.38. The van der Waals surface area contributed by atoms with Gasteiger partial charge in [0.15, 0.2) is 6.35 Å². The summed E-state index contributed by atoms with van der Waals surface area (Å²) in [7, 11) is 0. The average Bonchev–Trinajstić information content (AvgIpc) is 2.95. The fraction of sp³-hybridized carbons (Fsp3) is 0.923. The van der Waals surface area contributed by atoms with Crippen LogP contribution in [0.2, 0.25) is 0 Å². The van der Waals surface area contributed by atoms with Crippen LogP contribution in [0, 0.1) is 0 Å². The molecule has 0 bridgehead atoms. The maximum Gasteiger partial charge on any atom is 0.219 e. The molecule has 4 atom stereocenters. The summed E-state index contributed by atoms with van der Waals surface area (Å²) in [6.45, 7) is 1.31. The van der Waals surface area contributed by atoms with Crippen LogP contribution in [0.3, 0.4) is 0 Å². The van der Waals surface area contributed by atoms with Crippen LogP contribution in [0.1, 0.15) is 32.1 Å².